The van der Waals surface area contributed by atoms with Crippen molar-refractivity contribution >= 4 is 11.8 Å². The summed E-state index contributed by atoms with van der Waals surface area (Å²) in [6.45, 7) is 3.95. The van der Waals surface area contributed by atoms with Crippen molar-refractivity contribution in [2.75, 3.05) is 26.8 Å². The number of aromatic nitrogens is 1. The lowest BCUT2D eigenvalue weighted by atomic mass is 9.94. The standard InChI is InChI=1S/C25H35N3O3/c1-21(29)28(23-12-7-4-8-13-23)20-25(30)27(16-17-31-2)19-24-14-9-15-26(24)18-22-10-5-3-6-11-22/h3,5-6,9-11,14-15,23H,4,7-8,12-13,16-20H2,1-2H3. The molecule has 1 aliphatic carbocycles. The molecule has 0 radical (unpaired) electrons. The number of hydrogen-bond acceptors (Lipinski definition) is 3. The Morgan fingerprint density at radius 3 is 2.48 bits per heavy atom. The molecular formula is C25H35N3O3. The van der Waals surface area contributed by atoms with Crippen LogP contribution in [0.15, 0.2) is 48.7 Å². The number of amides is 2. The third kappa shape index (κ3) is 6.69. The van der Waals surface area contributed by atoms with Gasteiger partial charge < -0.3 is 19.1 Å². The average molecular weight is 426 g/mol. The highest BCUT2D eigenvalue weighted by Gasteiger charge is 2.27. The molecule has 6 heteroatoms. The van der Waals surface area contributed by atoms with Gasteiger partial charge in [0.1, 0.15) is 6.54 Å². The number of nitrogens with zero attached hydrogens (tertiary/aromatic N) is 3. The van der Waals surface area contributed by atoms with Crippen LogP contribution in [0.4, 0.5) is 0 Å². The van der Waals surface area contributed by atoms with E-state index in [0.717, 1.165) is 37.9 Å². The van der Waals surface area contributed by atoms with Gasteiger partial charge >= 0.3 is 0 Å². The number of carbonyl (C=O) groups excluding carboxylic acids is 2. The minimum atomic E-state index is -0.0229. The van der Waals surface area contributed by atoms with Gasteiger partial charge in [0.15, 0.2) is 0 Å². The molecule has 168 valence electrons. The normalized spacial score (nSPS) is 14.4. The van der Waals surface area contributed by atoms with Gasteiger partial charge in [0.25, 0.3) is 0 Å². The largest absolute Gasteiger partial charge is 0.383 e. The Morgan fingerprint density at radius 2 is 1.81 bits per heavy atom. The minimum Gasteiger partial charge on any atom is -0.383 e. The van der Waals surface area contributed by atoms with E-state index in [0.29, 0.717) is 19.7 Å². The van der Waals surface area contributed by atoms with Gasteiger partial charge in [0.05, 0.1) is 13.2 Å². The van der Waals surface area contributed by atoms with Crippen molar-refractivity contribution in [3.8, 4) is 0 Å². The van der Waals surface area contributed by atoms with Gasteiger partial charge in [-0.3, -0.25) is 9.59 Å². The molecule has 1 fully saturated rings. The van der Waals surface area contributed by atoms with Crippen molar-refractivity contribution in [3.63, 3.8) is 0 Å². The summed E-state index contributed by atoms with van der Waals surface area (Å²) in [5, 5.41) is 0. The van der Waals surface area contributed by atoms with E-state index in [9.17, 15) is 9.59 Å². The first-order valence-electron chi connectivity index (χ1n) is 11.3. The van der Waals surface area contributed by atoms with Crippen molar-refractivity contribution in [1.29, 1.82) is 0 Å². The third-order valence-electron chi connectivity index (χ3n) is 6.12. The number of carbonyl (C=O) groups is 2. The smallest absolute Gasteiger partial charge is 0.242 e. The third-order valence-corrected chi connectivity index (χ3v) is 6.12. The van der Waals surface area contributed by atoms with Crippen LogP contribution in [0.5, 0.6) is 0 Å². The number of ether oxygens (including phenoxy) is 1. The van der Waals surface area contributed by atoms with Crippen molar-refractivity contribution in [2.45, 2.75) is 58.2 Å². The molecule has 2 amide bonds. The Morgan fingerprint density at radius 1 is 1.06 bits per heavy atom. The molecule has 0 bridgehead atoms. The highest BCUT2D eigenvalue weighted by molar-refractivity contribution is 5.84. The summed E-state index contributed by atoms with van der Waals surface area (Å²) in [6.07, 6.45) is 7.50. The van der Waals surface area contributed by atoms with Crippen LogP contribution in [0.1, 0.15) is 50.3 Å². The molecular weight excluding hydrogens is 390 g/mol. The molecule has 0 unspecified atom stereocenters. The first-order valence-corrected chi connectivity index (χ1v) is 11.3. The Labute approximate surface area is 185 Å². The Balaban J connectivity index is 1.70. The molecule has 1 aromatic carbocycles. The summed E-state index contributed by atoms with van der Waals surface area (Å²) in [5.74, 6) is -0.0373. The molecule has 2 aromatic rings. The molecule has 1 aliphatic rings. The molecule has 0 aliphatic heterocycles. The lowest BCUT2D eigenvalue weighted by Gasteiger charge is -2.35. The number of methoxy groups -OCH3 is 1. The van der Waals surface area contributed by atoms with Crippen LogP contribution in [-0.4, -0.2) is 59.0 Å². The zero-order chi connectivity index (χ0) is 22.1. The number of hydrogen-bond donors (Lipinski definition) is 0. The minimum absolute atomic E-state index is 0.0144. The van der Waals surface area contributed by atoms with E-state index in [1.54, 1.807) is 18.9 Å². The summed E-state index contributed by atoms with van der Waals surface area (Å²) in [4.78, 5) is 29.2. The quantitative estimate of drug-likeness (QED) is 0.583. The molecule has 1 heterocycles. The fraction of sp³-hybridized carbons (Fsp3) is 0.520. The van der Waals surface area contributed by atoms with Crippen molar-refractivity contribution in [2.24, 2.45) is 0 Å². The van der Waals surface area contributed by atoms with Gasteiger partial charge in [-0.15, -0.1) is 0 Å². The molecule has 0 spiro atoms. The highest BCUT2D eigenvalue weighted by Crippen LogP contribution is 2.23. The van der Waals surface area contributed by atoms with Crippen molar-refractivity contribution in [3.05, 3.63) is 59.9 Å². The van der Waals surface area contributed by atoms with Crippen molar-refractivity contribution < 1.29 is 14.3 Å². The Bertz CT molecular complexity index is 828. The predicted molar refractivity (Wildman–Crippen MR) is 122 cm³/mol. The van der Waals surface area contributed by atoms with E-state index in [1.165, 1.54) is 12.0 Å². The van der Waals surface area contributed by atoms with E-state index in [1.807, 2.05) is 35.4 Å². The van der Waals surface area contributed by atoms with E-state index in [-0.39, 0.29) is 24.4 Å². The fourth-order valence-electron chi connectivity index (χ4n) is 4.35. The van der Waals surface area contributed by atoms with Crippen LogP contribution in [0.3, 0.4) is 0 Å². The molecule has 1 saturated carbocycles. The summed E-state index contributed by atoms with van der Waals surface area (Å²) in [7, 11) is 1.64. The van der Waals surface area contributed by atoms with E-state index in [4.69, 9.17) is 4.74 Å². The van der Waals surface area contributed by atoms with Crippen LogP contribution < -0.4 is 0 Å². The van der Waals surface area contributed by atoms with E-state index < -0.39 is 0 Å². The van der Waals surface area contributed by atoms with Gasteiger partial charge in [0, 0.05) is 45.1 Å². The van der Waals surface area contributed by atoms with Crippen LogP contribution in [0.25, 0.3) is 0 Å². The van der Waals surface area contributed by atoms with E-state index in [2.05, 4.69) is 22.8 Å². The molecule has 3 rings (SSSR count). The lowest BCUT2D eigenvalue weighted by Crippen LogP contribution is -2.48. The van der Waals surface area contributed by atoms with Gasteiger partial charge in [-0.2, -0.15) is 0 Å². The van der Waals surface area contributed by atoms with Crippen LogP contribution >= 0.6 is 0 Å². The first kappa shape index (κ1) is 23.1. The van der Waals surface area contributed by atoms with Gasteiger partial charge in [-0.05, 0) is 30.5 Å². The molecule has 31 heavy (non-hydrogen) atoms. The summed E-state index contributed by atoms with van der Waals surface area (Å²) in [5.41, 5.74) is 2.29. The van der Waals surface area contributed by atoms with Gasteiger partial charge in [0.2, 0.25) is 11.8 Å². The maximum Gasteiger partial charge on any atom is 0.242 e. The Hall–Kier alpha value is -2.60. The monoisotopic (exact) mass is 425 g/mol. The summed E-state index contributed by atoms with van der Waals surface area (Å²) in [6, 6.07) is 14.5. The van der Waals surface area contributed by atoms with E-state index >= 15 is 0 Å². The predicted octanol–water partition coefficient (Wildman–Crippen LogP) is 3.69. The Kier molecular flexibility index (Phi) is 8.71. The number of rotatable bonds is 10. The second kappa shape index (κ2) is 11.7. The lowest BCUT2D eigenvalue weighted by molar-refractivity contribution is -0.142. The average Bonchev–Trinajstić information content (AvgIpc) is 3.22. The zero-order valence-electron chi connectivity index (χ0n) is 18.8. The van der Waals surface area contributed by atoms with Crippen LogP contribution in [0, 0.1) is 0 Å². The van der Waals surface area contributed by atoms with Crippen LogP contribution in [-0.2, 0) is 27.4 Å². The molecule has 0 N–H and O–H groups in total. The van der Waals surface area contributed by atoms with Crippen molar-refractivity contribution in [1.82, 2.24) is 14.4 Å². The SMILES string of the molecule is COCCN(Cc1cccn1Cc1ccccc1)C(=O)CN(C(C)=O)C1CCCCC1. The van der Waals surface area contributed by atoms with Crippen LogP contribution in [0.2, 0.25) is 0 Å². The van der Waals surface area contributed by atoms with Gasteiger partial charge in [-0.25, -0.2) is 0 Å². The second-order valence-electron chi connectivity index (χ2n) is 8.36. The maximum absolute atomic E-state index is 13.3. The number of benzene rings is 1. The summed E-state index contributed by atoms with van der Waals surface area (Å²) >= 11 is 0. The topological polar surface area (TPSA) is 54.8 Å². The van der Waals surface area contributed by atoms with Gasteiger partial charge in [-0.1, -0.05) is 49.6 Å². The highest BCUT2D eigenvalue weighted by atomic mass is 16.5. The first-order chi connectivity index (χ1) is 15.1. The second-order valence-corrected chi connectivity index (χ2v) is 8.36. The maximum atomic E-state index is 13.3. The molecule has 0 saturated heterocycles. The summed E-state index contributed by atoms with van der Waals surface area (Å²) < 4.78 is 7.43. The molecule has 0 atom stereocenters. The molecule has 1 aromatic heterocycles. The molecule has 6 nitrogen and oxygen atoms in total. The fourth-order valence-corrected chi connectivity index (χ4v) is 4.35. The zero-order valence-corrected chi connectivity index (χ0v) is 18.8.